The molecule has 2 nitrogen and oxygen atoms in total. The molecule has 0 amide bonds. The molecule has 2 rings (SSSR count). The second-order valence-electron chi connectivity index (χ2n) is 3.40. The van der Waals surface area contributed by atoms with Gasteiger partial charge in [-0.1, -0.05) is 6.07 Å². The molecule has 2 aromatic rings. The van der Waals surface area contributed by atoms with Crippen molar-refractivity contribution in [3.63, 3.8) is 0 Å². The molecule has 0 N–H and O–H groups in total. The second-order valence-corrected chi connectivity index (χ2v) is 3.40. The van der Waals surface area contributed by atoms with Crippen LogP contribution in [-0.2, 0) is 6.42 Å². The molecule has 1 aromatic carbocycles. The number of nitrogens with zero attached hydrogens (tertiary/aromatic N) is 1. The van der Waals surface area contributed by atoms with Gasteiger partial charge in [0.25, 0.3) is 0 Å². The Morgan fingerprint density at radius 3 is 2.65 bits per heavy atom. The molecule has 0 spiro atoms. The molecule has 0 aliphatic rings. The largest absolute Gasteiger partial charge is 0.439 e. The molecule has 1 aromatic heterocycles. The van der Waals surface area contributed by atoms with Gasteiger partial charge in [0, 0.05) is 6.07 Å². The number of hydrogen-bond acceptors (Lipinski definition) is 2. The summed E-state index contributed by atoms with van der Waals surface area (Å²) in [4.78, 5) is 4.22. The number of pyridine rings is 1. The molecule has 0 aliphatic heterocycles. The van der Waals surface area contributed by atoms with E-state index in [0.717, 1.165) is 5.69 Å². The van der Waals surface area contributed by atoms with Crippen molar-refractivity contribution in [2.45, 2.75) is 6.42 Å². The van der Waals surface area contributed by atoms with Gasteiger partial charge in [-0.2, -0.15) is 0 Å². The van der Waals surface area contributed by atoms with Crippen LogP contribution >= 0.6 is 0 Å². The SMILES string of the molecule is C#CCc1cccc(Oc2ccc(F)cc2)n1. The second kappa shape index (κ2) is 5.13. The highest BCUT2D eigenvalue weighted by Gasteiger charge is 2.00. The molecule has 17 heavy (non-hydrogen) atoms. The maximum Gasteiger partial charge on any atom is 0.219 e. The number of hydrogen-bond donors (Lipinski definition) is 0. The van der Waals surface area contributed by atoms with E-state index in [1.807, 2.05) is 12.1 Å². The lowest BCUT2D eigenvalue weighted by atomic mass is 10.3. The Morgan fingerprint density at radius 1 is 1.18 bits per heavy atom. The average molecular weight is 227 g/mol. The molecule has 0 aliphatic carbocycles. The lowest BCUT2D eigenvalue weighted by Crippen LogP contribution is -1.92. The van der Waals surface area contributed by atoms with Crippen LogP contribution in [0.5, 0.6) is 11.6 Å². The van der Waals surface area contributed by atoms with E-state index >= 15 is 0 Å². The van der Waals surface area contributed by atoms with Crippen molar-refractivity contribution >= 4 is 0 Å². The normalized spacial score (nSPS) is 9.65. The topological polar surface area (TPSA) is 22.1 Å². The van der Waals surface area contributed by atoms with Crippen molar-refractivity contribution in [2.24, 2.45) is 0 Å². The van der Waals surface area contributed by atoms with Crippen molar-refractivity contribution in [3.8, 4) is 24.0 Å². The number of aromatic nitrogens is 1. The maximum atomic E-state index is 12.7. The first-order valence-electron chi connectivity index (χ1n) is 5.11. The first-order valence-corrected chi connectivity index (χ1v) is 5.11. The van der Waals surface area contributed by atoms with Crippen molar-refractivity contribution < 1.29 is 9.13 Å². The fourth-order valence-corrected chi connectivity index (χ4v) is 1.34. The van der Waals surface area contributed by atoms with E-state index in [1.54, 1.807) is 18.2 Å². The van der Waals surface area contributed by atoms with E-state index in [4.69, 9.17) is 11.2 Å². The summed E-state index contributed by atoms with van der Waals surface area (Å²) >= 11 is 0. The smallest absolute Gasteiger partial charge is 0.219 e. The highest BCUT2D eigenvalue weighted by Crippen LogP contribution is 2.19. The predicted octanol–water partition coefficient (Wildman–Crippen LogP) is 3.19. The predicted molar refractivity (Wildman–Crippen MR) is 63.2 cm³/mol. The van der Waals surface area contributed by atoms with Crippen molar-refractivity contribution in [3.05, 3.63) is 54.0 Å². The Hall–Kier alpha value is -2.34. The van der Waals surface area contributed by atoms with Gasteiger partial charge >= 0.3 is 0 Å². The van der Waals surface area contributed by atoms with Crippen molar-refractivity contribution in [2.75, 3.05) is 0 Å². The minimum absolute atomic E-state index is 0.300. The van der Waals surface area contributed by atoms with Gasteiger partial charge in [0.05, 0.1) is 12.1 Å². The third-order valence-electron chi connectivity index (χ3n) is 2.10. The van der Waals surface area contributed by atoms with E-state index in [0.29, 0.717) is 18.1 Å². The van der Waals surface area contributed by atoms with Crippen LogP contribution < -0.4 is 4.74 Å². The zero-order chi connectivity index (χ0) is 12.1. The number of halogens is 1. The van der Waals surface area contributed by atoms with Gasteiger partial charge in [-0.3, -0.25) is 0 Å². The summed E-state index contributed by atoms with van der Waals surface area (Å²) in [6, 6.07) is 11.1. The van der Waals surface area contributed by atoms with Crippen LogP contribution in [-0.4, -0.2) is 4.98 Å². The highest BCUT2D eigenvalue weighted by molar-refractivity contribution is 5.28. The molecule has 0 fully saturated rings. The van der Waals surface area contributed by atoms with Crippen LogP contribution in [0.2, 0.25) is 0 Å². The minimum Gasteiger partial charge on any atom is -0.439 e. The third kappa shape index (κ3) is 3.05. The summed E-state index contributed by atoms with van der Waals surface area (Å²) in [5.74, 6) is 3.20. The van der Waals surface area contributed by atoms with Crippen molar-refractivity contribution in [1.82, 2.24) is 4.98 Å². The molecule has 84 valence electrons. The summed E-state index contributed by atoms with van der Waals surface area (Å²) in [5, 5.41) is 0. The highest BCUT2D eigenvalue weighted by atomic mass is 19.1. The van der Waals surface area contributed by atoms with Gasteiger partial charge in [-0.25, -0.2) is 9.37 Å². The fraction of sp³-hybridized carbons (Fsp3) is 0.0714. The number of benzene rings is 1. The molecule has 0 bridgehead atoms. The van der Waals surface area contributed by atoms with Gasteiger partial charge < -0.3 is 4.74 Å². The van der Waals surface area contributed by atoms with Gasteiger partial charge in [0.2, 0.25) is 5.88 Å². The molecule has 0 saturated carbocycles. The number of terminal acetylenes is 1. The Bertz CT molecular complexity index is 543. The molecule has 1 heterocycles. The van der Waals surface area contributed by atoms with Gasteiger partial charge in [-0.15, -0.1) is 12.3 Å². The number of ether oxygens (including phenoxy) is 1. The average Bonchev–Trinajstić information content (AvgIpc) is 2.33. The minimum atomic E-state index is -0.300. The lowest BCUT2D eigenvalue weighted by Gasteiger charge is -2.05. The van der Waals surface area contributed by atoms with E-state index in [9.17, 15) is 4.39 Å². The van der Waals surface area contributed by atoms with E-state index in [1.165, 1.54) is 12.1 Å². The Balaban J connectivity index is 2.16. The first-order chi connectivity index (χ1) is 8.28. The van der Waals surface area contributed by atoms with E-state index in [-0.39, 0.29) is 5.82 Å². The Morgan fingerprint density at radius 2 is 1.94 bits per heavy atom. The van der Waals surface area contributed by atoms with Gasteiger partial charge in [0.1, 0.15) is 11.6 Å². The standard InChI is InChI=1S/C14H10FNO/c1-2-4-12-5-3-6-14(16-12)17-13-9-7-11(15)8-10-13/h1,3,5-10H,4H2. The van der Waals surface area contributed by atoms with E-state index in [2.05, 4.69) is 10.9 Å². The zero-order valence-corrected chi connectivity index (χ0v) is 9.06. The van der Waals surface area contributed by atoms with Crippen LogP contribution in [0.25, 0.3) is 0 Å². The summed E-state index contributed by atoms with van der Waals surface area (Å²) in [6.45, 7) is 0. The van der Waals surface area contributed by atoms with Crippen LogP contribution in [0.3, 0.4) is 0 Å². The van der Waals surface area contributed by atoms with Gasteiger partial charge in [-0.05, 0) is 30.3 Å². The van der Waals surface area contributed by atoms with E-state index < -0.39 is 0 Å². The fourth-order valence-electron chi connectivity index (χ4n) is 1.34. The molecular weight excluding hydrogens is 217 g/mol. The number of rotatable bonds is 3. The molecule has 0 atom stereocenters. The lowest BCUT2D eigenvalue weighted by molar-refractivity contribution is 0.459. The van der Waals surface area contributed by atoms with Crippen LogP contribution in [0, 0.1) is 18.2 Å². The Labute approximate surface area is 99.1 Å². The van der Waals surface area contributed by atoms with Crippen LogP contribution in [0.1, 0.15) is 5.69 Å². The molecule has 3 heteroatoms. The van der Waals surface area contributed by atoms with Crippen LogP contribution in [0.4, 0.5) is 4.39 Å². The molecule has 0 saturated heterocycles. The Kier molecular flexibility index (Phi) is 3.37. The monoisotopic (exact) mass is 227 g/mol. The maximum absolute atomic E-state index is 12.7. The van der Waals surface area contributed by atoms with Gasteiger partial charge in [0.15, 0.2) is 0 Å². The summed E-state index contributed by atoms with van der Waals surface area (Å²) in [7, 11) is 0. The molecule has 0 unspecified atom stereocenters. The summed E-state index contributed by atoms with van der Waals surface area (Å²) in [6.07, 6.45) is 5.67. The molecule has 0 radical (unpaired) electrons. The van der Waals surface area contributed by atoms with Crippen LogP contribution in [0.15, 0.2) is 42.5 Å². The quantitative estimate of drug-likeness (QED) is 0.751. The summed E-state index contributed by atoms with van der Waals surface area (Å²) in [5.41, 5.74) is 0.770. The first kappa shape index (κ1) is 11.2. The zero-order valence-electron chi connectivity index (χ0n) is 9.06. The third-order valence-corrected chi connectivity index (χ3v) is 2.10. The summed E-state index contributed by atoms with van der Waals surface area (Å²) < 4.78 is 18.2. The molecular formula is C14H10FNO. The van der Waals surface area contributed by atoms with Crippen molar-refractivity contribution in [1.29, 1.82) is 0 Å².